The number of amides is 1. The molecule has 2 aliphatic heterocycles. The standard InChI is InChI=1S/C17H20N4O2.2ClH/c1-21(14-7-12-4-5-13(8-14)19-12)17(22)15-9-16(23-20-15)11-3-2-6-18-10-11;;/h2-3,6,9-10,12-14,19H,4-5,7-8H2,1H3;2*1H. The maximum absolute atomic E-state index is 12.7. The third kappa shape index (κ3) is 3.97. The fourth-order valence-corrected chi connectivity index (χ4v) is 3.71. The number of pyridine rings is 1. The van der Waals surface area contributed by atoms with E-state index in [2.05, 4.69) is 15.5 Å². The normalized spacial score (nSPS) is 24.1. The summed E-state index contributed by atoms with van der Waals surface area (Å²) in [5.74, 6) is 0.496. The summed E-state index contributed by atoms with van der Waals surface area (Å²) in [6, 6.07) is 6.80. The molecule has 2 unspecified atom stereocenters. The van der Waals surface area contributed by atoms with Crippen molar-refractivity contribution in [2.45, 2.75) is 43.8 Å². The first-order chi connectivity index (χ1) is 11.2. The molecule has 2 atom stereocenters. The molecule has 2 aromatic heterocycles. The van der Waals surface area contributed by atoms with E-state index >= 15 is 0 Å². The van der Waals surface area contributed by atoms with E-state index in [0.717, 1.165) is 18.4 Å². The first-order valence-electron chi connectivity index (χ1n) is 8.11. The van der Waals surface area contributed by atoms with Crippen LogP contribution in [-0.2, 0) is 0 Å². The van der Waals surface area contributed by atoms with Crippen molar-refractivity contribution in [3.63, 3.8) is 0 Å². The number of nitrogens with zero attached hydrogens (tertiary/aromatic N) is 3. The lowest BCUT2D eigenvalue weighted by molar-refractivity contribution is 0.0671. The molecule has 0 aromatic carbocycles. The van der Waals surface area contributed by atoms with Gasteiger partial charge in [0.05, 0.1) is 0 Å². The minimum atomic E-state index is -0.0739. The molecule has 2 aromatic rings. The predicted octanol–water partition coefficient (Wildman–Crippen LogP) is 2.94. The minimum Gasteiger partial charge on any atom is -0.355 e. The number of halogens is 2. The van der Waals surface area contributed by atoms with Gasteiger partial charge in [-0.3, -0.25) is 9.78 Å². The van der Waals surface area contributed by atoms with E-state index in [1.165, 1.54) is 12.8 Å². The van der Waals surface area contributed by atoms with E-state index in [1.807, 2.05) is 24.1 Å². The molecule has 25 heavy (non-hydrogen) atoms. The van der Waals surface area contributed by atoms with Crippen molar-refractivity contribution in [1.82, 2.24) is 20.4 Å². The summed E-state index contributed by atoms with van der Waals surface area (Å²) in [5, 5.41) is 7.55. The van der Waals surface area contributed by atoms with E-state index in [1.54, 1.807) is 18.5 Å². The van der Waals surface area contributed by atoms with Crippen LogP contribution in [0.5, 0.6) is 0 Å². The van der Waals surface area contributed by atoms with Gasteiger partial charge in [0.25, 0.3) is 5.91 Å². The van der Waals surface area contributed by atoms with Crippen LogP contribution < -0.4 is 5.32 Å². The molecule has 6 nitrogen and oxygen atoms in total. The number of carbonyl (C=O) groups is 1. The lowest BCUT2D eigenvalue weighted by Crippen LogP contribution is -2.48. The number of rotatable bonds is 3. The summed E-state index contributed by atoms with van der Waals surface area (Å²) in [7, 11) is 1.87. The fourth-order valence-electron chi connectivity index (χ4n) is 3.71. The average Bonchev–Trinajstić information content (AvgIpc) is 3.21. The van der Waals surface area contributed by atoms with Crippen molar-refractivity contribution in [2.24, 2.45) is 0 Å². The average molecular weight is 385 g/mol. The van der Waals surface area contributed by atoms with Gasteiger partial charge >= 0.3 is 0 Å². The zero-order valence-electron chi connectivity index (χ0n) is 13.9. The Bertz CT molecular complexity index is 698. The van der Waals surface area contributed by atoms with E-state index in [9.17, 15) is 4.79 Å². The molecule has 2 fully saturated rings. The zero-order valence-corrected chi connectivity index (χ0v) is 15.6. The molecular weight excluding hydrogens is 363 g/mol. The molecule has 0 spiro atoms. The molecule has 0 saturated carbocycles. The van der Waals surface area contributed by atoms with Crippen LogP contribution in [0.1, 0.15) is 36.2 Å². The maximum Gasteiger partial charge on any atom is 0.276 e. The lowest BCUT2D eigenvalue weighted by Gasteiger charge is -2.35. The van der Waals surface area contributed by atoms with Crippen LogP contribution in [0.4, 0.5) is 0 Å². The van der Waals surface area contributed by atoms with Crippen LogP contribution in [0.2, 0.25) is 0 Å². The monoisotopic (exact) mass is 384 g/mol. The molecule has 2 bridgehead atoms. The van der Waals surface area contributed by atoms with Crippen molar-refractivity contribution in [1.29, 1.82) is 0 Å². The predicted molar refractivity (Wildman–Crippen MR) is 99.3 cm³/mol. The highest BCUT2D eigenvalue weighted by Gasteiger charge is 2.37. The third-order valence-electron chi connectivity index (χ3n) is 4.99. The highest BCUT2D eigenvalue weighted by atomic mass is 35.5. The molecule has 2 aliphatic rings. The summed E-state index contributed by atoms with van der Waals surface area (Å²) < 4.78 is 5.31. The largest absolute Gasteiger partial charge is 0.355 e. The highest BCUT2D eigenvalue weighted by molar-refractivity contribution is 5.93. The van der Waals surface area contributed by atoms with E-state index in [-0.39, 0.29) is 36.8 Å². The van der Waals surface area contributed by atoms with Crippen LogP contribution in [0.15, 0.2) is 35.1 Å². The van der Waals surface area contributed by atoms with Crippen LogP contribution >= 0.6 is 24.8 Å². The Hall–Kier alpha value is -1.63. The van der Waals surface area contributed by atoms with Crippen LogP contribution in [0.25, 0.3) is 11.3 Å². The van der Waals surface area contributed by atoms with Gasteiger partial charge in [-0.25, -0.2) is 0 Å². The Balaban J connectivity index is 0.00000113. The maximum atomic E-state index is 12.7. The van der Waals surface area contributed by atoms with Gasteiger partial charge in [0.15, 0.2) is 11.5 Å². The van der Waals surface area contributed by atoms with Gasteiger partial charge < -0.3 is 14.7 Å². The summed E-state index contributed by atoms with van der Waals surface area (Å²) >= 11 is 0. The number of aromatic nitrogens is 2. The van der Waals surface area contributed by atoms with Gasteiger partial charge in [-0.05, 0) is 37.8 Å². The summed E-state index contributed by atoms with van der Waals surface area (Å²) in [4.78, 5) is 18.6. The molecule has 1 N–H and O–H groups in total. The lowest BCUT2D eigenvalue weighted by atomic mass is 9.98. The molecule has 136 valence electrons. The van der Waals surface area contributed by atoms with Crippen LogP contribution in [0.3, 0.4) is 0 Å². The molecular formula is C17H22Cl2N4O2. The Kier molecular flexibility index (Phi) is 6.43. The van der Waals surface area contributed by atoms with Crippen molar-refractivity contribution < 1.29 is 9.32 Å². The Morgan fingerprint density at radius 3 is 2.64 bits per heavy atom. The molecule has 1 amide bonds. The Morgan fingerprint density at radius 1 is 1.28 bits per heavy atom. The third-order valence-corrected chi connectivity index (χ3v) is 4.99. The first-order valence-corrected chi connectivity index (χ1v) is 8.11. The molecule has 0 radical (unpaired) electrons. The van der Waals surface area contributed by atoms with Crippen molar-refractivity contribution in [3.05, 3.63) is 36.3 Å². The summed E-state index contributed by atoms with van der Waals surface area (Å²) in [6.45, 7) is 0. The molecule has 0 aliphatic carbocycles. The number of fused-ring (bicyclic) bond motifs is 2. The highest BCUT2D eigenvalue weighted by Crippen LogP contribution is 2.30. The second-order valence-corrected chi connectivity index (χ2v) is 6.50. The van der Waals surface area contributed by atoms with Gasteiger partial charge in [0.1, 0.15) is 0 Å². The Labute approximate surface area is 159 Å². The molecule has 4 heterocycles. The van der Waals surface area contributed by atoms with Gasteiger partial charge in [-0.15, -0.1) is 24.8 Å². The number of nitrogens with one attached hydrogen (secondary N) is 1. The summed E-state index contributed by atoms with van der Waals surface area (Å²) in [6.07, 6.45) is 7.88. The fraction of sp³-hybridized carbons (Fsp3) is 0.471. The van der Waals surface area contributed by atoms with Crippen LogP contribution in [0, 0.1) is 0 Å². The number of hydrogen-bond acceptors (Lipinski definition) is 5. The number of hydrogen-bond donors (Lipinski definition) is 1. The molecule has 2 saturated heterocycles. The first kappa shape index (κ1) is 19.7. The Morgan fingerprint density at radius 2 is 2.00 bits per heavy atom. The molecule has 8 heteroatoms. The second kappa shape index (κ2) is 8.17. The minimum absolute atomic E-state index is 0. The van der Waals surface area contributed by atoms with Crippen molar-refractivity contribution in [2.75, 3.05) is 7.05 Å². The second-order valence-electron chi connectivity index (χ2n) is 6.50. The summed E-state index contributed by atoms with van der Waals surface area (Å²) in [5.41, 5.74) is 1.18. The van der Waals surface area contributed by atoms with Crippen molar-refractivity contribution in [3.8, 4) is 11.3 Å². The van der Waals surface area contributed by atoms with Gasteiger partial charge in [-0.1, -0.05) is 5.16 Å². The van der Waals surface area contributed by atoms with Crippen LogP contribution in [-0.4, -0.2) is 46.1 Å². The van der Waals surface area contributed by atoms with Crippen molar-refractivity contribution >= 4 is 30.7 Å². The zero-order chi connectivity index (χ0) is 15.8. The molecule has 4 rings (SSSR count). The van der Waals surface area contributed by atoms with Gasteiger partial charge in [-0.2, -0.15) is 0 Å². The van der Waals surface area contributed by atoms with E-state index in [4.69, 9.17) is 4.52 Å². The number of carbonyl (C=O) groups excluding carboxylic acids is 1. The topological polar surface area (TPSA) is 71.3 Å². The van der Waals surface area contributed by atoms with Gasteiger partial charge in [0.2, 0.25) is 0 Å². The number of piperidine rings is 1. The SMILES string of the molecule is CN(C(=O)c1cc(-c2cccnc2)on1)C1CC2CCC(C1)N2.Cl.Cl. The van der Waals surface area contributed by atoms with E-state index < -0.39 is 0 Å². The van der Waals surface area contributed by atoms with E-state index in [0.29, 0.717) is 23.5 Å². The quantitative estimate of drug-likeness (QED) is 0.880. The van der Waals surface area contributed by atoms with Gasteiger partial charge in [0, 0.05) is 49.2 Å². The smallest absolute Gasteiger partial charge is 0.276 e.